The van der Waals surface area contributed by atoms with Gasteiger partial charge in [-0.15, -0.1) is 0 Å². The quantitative estimate of drug-likeness (QED) is 0.559. The SMILES string of the molecule is CC(C)(C)c1ccc(-c2nc(-c3cc(C(F)(F)F)[nH]n3)cc(C(C)(C)C)n2)cc1. The van der Waals surface area contributed by atoms with Gasteiger partial charge in [0.25, 0.3) is 0 Å². The second kappa shape index (κ2) is 6.97. The smallest absolute Gasteiger partial charge is 0.273 e. The number of nitrogens with zero attached hydrogens (tertiary/aromatic N) is 3. The summed E-state index contributed by atoms with van der Waals surface area (Å²) < 4.78 is 38.9. The van der Waals surface area contributed by atoms with E-state index >= 15 is 0 Å². The van der Waals surface area contributed by atoms with Gasteiger partial charge in [0.15, 0.2) is 5.82 Å². The van der Waals surface area contributed by atoms with Crippen LogP contribution in [0.4, 0.5) is 13.2 Å². The first kappa shape index (κ1) is 21.0. The molecular weight excluding hydrogens is 377 g/mol. The Morgan fingerprint density at radius 1 is 0.759 bits per heavy atom. The van der Waals surface area contributed by atoms with Crippen molar-refractivity contribution in [3.05, 3.63) is 53.3 Å². The number of hydrogen-bond acceptors (Lipinski definition) is 3. The van der Waals surface area contributed by atoms with Crippen molar-refractivity contribution in [2.24, 2.45) is 0 Å². The first-order chi connectivity index (χ1) is 13.2. The van der Waals surface area contributed by atoms with Crippen LogP contribution in [0.15, 0.2) is 36.4 Å². The van der Waals surface area contributed by atoms with Crippen molar-refractivity contribution in [2.45, 2.75) is 58.5 Å². The third-order valence-corrected chi connectivity index (χ3v) is 4.65. The van der Waals surface area contributed by atoms with Gasteiger partial charge in [-0.2, -0.15) is 18.3 Å². The van der Waals surface area contributed by atoms with E-state index in [1.54, 1.807) is 6.07 Å². The summed E-state index contributed by atoms with van der Waals surface area (Å²) in [5.41, 5.74) is 2.01. The van der Waals surface area contributed by atoms with Crippen LogP contribution in [0, 0.1) is 0 Å². The minimum atomic E-state index is -4.49. The van der Waals surface area contributed by atoms with Crippen molar-refractivity contribution in [1.82, 2.24) is 20.2 Å². The summed E-state index contributed by atoms with van der Waals surface area (Å²) in [5.74, 6) is 0.462. The normalized spacial score (nSPS) is 13.0. The van der Waals surface area contributed by atoms with Gasteiger partial charge in [-0.25, -0.2) is 9.97 Å². The number of H-pyrrole nitrogens is 1. The lowest BCUT2D eigenvalue weighted by Crippen LogP contribution is -2.15. The number of benzene rings is 1. The lowest BCUT2D eigenvalue weighted by atomic mass is 9.86. The van der Waals surface area contributed by atoms with E-state index in [-0.39, 0.29) is 16.5 Å². The number of halogens is 3. The second-order valence-electron chi connectivity index (χ2n) is 9.20. The molecule has 0 bridgehead atoms. The summed E-state index contributed by atoms with van der Waals surface area (Å²) in [6.07, 6.45) is -4.49. The highest BCUT2D eigenvalue weighted by molar-refractivity contribution is 5.63. The van der Waals surface area contributed by atoms with Gasteiger partial charge in [-0.1, -0.05) is 65.8 Å². The van der Waals surface area contributed by atoms with Crippen molar-refractivity contribution in [1.29, 1.82) is 0 Å². The monoisotopic (exact) mass is 402 g/mol. The van der Waals surface area contributed by atoms with E-state index in [9.17, 15) is 13.2 Å². The fraction of sp³-hybridized carbons (Fsp3) is 0.409. The highest BCUT2D eigenvalue weighted by atomic mass is 19.4. The molecule has 2 aromatic heterocycles. The lowest BCUT2D eigenvalue weighted by molar-refractivity contribution is -0.141. The van der Waals surface area contributed by atoms with Crippen LogP contribution in [-0.4, -0.2) is 20.2 Å². The van der Waals surface area contributed by atoms with Crippen molar-refractivity contribution in [3.63, 3.8) is 0 Å². The van der Waals surface area contributed by atoms with Gasteiger partial charge in [-0.3, -0.25) is 5.10 Å². The molecule has 0 saturated heterocycles. The van der Waals surface area contributed by atoms with Gasteiger partial charge >= 0.3 is 6.18 Å². The largest absolute Gasteiger partial charge is 0.432 e. The van der Waals surface area contributed by atoms with Crippen molar-refractivity contribution < 1.29 is 13.2 Å². The summed E-state index contributed by atoms with van der Waals surface area (Å²) >= 11 is 0. The first-order valence-corrected chi connectivity index (χ1v) is 9.38. The first-order valence-electron chi connectivity index (χ1n) is 9.38. The Morgan fingerprint density at radius 3 is 1.86 bits per heavy atom. The average molecular weight is 402 g/mol. The maximum Gasteiger partial charge on any atom is 0.432 e. The summed E-state index contributed by atoms with van der Waals surface area (Å²) in [5, 5.41) is 5.87. The van der Waals surface area contributed by atoms with Crippen LogP contribution >= 0.6 is 0 Å². The van der Waals surface area contributed by atoms with E-state index in [2.05, 4.69) is 40.9 Å². The molecule has 0 fully saturated rings. The Bertz CT molecular complexity index is 1000. The molecule has 0 aliphatic heterocycles. The molecule has 0 unspecified atom stereocenters. The third kappa shape index (κ3) is 4.66. The Labute approximate surface area is 168 Å². The van der Waals surface area contributed by atoms with Crippen LogP contribution in [-0.2, 0) is 17.0 Å². The Balaban J connectivity index is 2.11. The van der Waals surface area contributed by atoms with Gasteiger partial charge in [0.2, 0.25) is 0 Å². The molecule has 1 aromatic carbocycles. The predicted molar refractivity (Wildman–Crippen MR) is 107 cm³/mol. The van der Waals surface area contributed by atoms with Gasteiger partial charge in [0.05, 0.1) is 11.4 Å². The Kier molecular flexibility index (Phi) is 5.05. The maximum atomic E-state index is 13.0. The van der Waals surface area contributed by atoms with Crippen LogP contribution in [0.25, 0.3) is 22.8 Å². The van der Waals surface area contributed by atoms with E-state index in [0.29, 0.717) is 11.5 Å². The number of aromatic nitrogens is 4. The van der Waals surface area contributed by atoms with Crippen molar-refractivity contribution in [3.8, 4) is 22.8 Å². The van der Waals surface area contributed by atoms with Gasteiger partial charge in [0, 0.05) is 11.0 Å². The van der Waals surface area contributed by atoms with E-state index in [1.165, 1.54) is 5.56 Å². The molecule has 154 valence electrons. The van der Waals surface area contributed by atoms with Gasteiger partial charge < -0.3 is 0 Å². The molecule has 0 radical (unpaired) electrons. The zero-order valence-electron chi connectivity index (χ0n) is 17.4. The molecule has 0 saturated carbocycles. The van der Waals surface area contributed by atoms with Crippen LogP contribution in [0.3, 0.4) is 0 Å². The van der Waals surface area contributed by atoms with Crippen molar-refractivity contribution in [2.75, 3.05) is 0 Å². The standard InChI is InChI=1S/C22H25F3N4/c1-20(2,3)14-9-7-13(8-10-14)19-26-15(11-17(27-19)21(4,5)6)16-12-18(29-28-16)22(23,24)25/h7-12H,1-6H3,(H,28,29). The molecule has 2 heterocycles. The number of rotatable bonds is 2. The van der Waals surface area contributed by atoms with Crippen molar-refractivity contribution >= 4 is 0 Å². The number of nitrogens with one attached hydrogen (secondary N) is 1. The van der Waals surface area contributed by atoms with E-state index < -0.39 is 11.9 Å². The molecule has 3 aromatic rings. The third-order valence-electron chi connectivity index (χ3n) is 4.65. The molecule has 0 aliphatic carbocycles. The molecule has 4 nitrogen and oxygen atoms in total. The summed E-state index contributed by atoms with van der Waals surface area (Å²) in [7, 11) is 0. The Morgan fingerprint density at radius 2 is 1.38 bits per heavy atom. The molecular formula is C22H25F3N4. The van der Waals surface area contributed by atoms with Crippen LogP contribution in [0.1, 0.15) is 58.5 Å². The molecule has 1 N–H and O–H groups in total. The average Bonchev–Trinajstić information content (AvgIpc) is 3.10. The number of hydrogen-bond donors (Lipinski definition) is 1. The second-order valence-corrected chi connectivity index (χ2v) is 9.20. The zero-order valence-corrected chi connectivity index (χ0v) is 17.4. The topological polar surface area (TPSA) is 54.5 Å². The molecule has 0 amide bonds. The highest BCUT2D eigenvalue weighted by Crippen LogP contribution is 2.32. The summed E-state index contributed by atoms with van der Waals surface area (Å²) in [6.45, 7) is 12.4. The maximum absolute atomic E-state index is 13.0. The molecule has 0 spiro atoms. The lowest BCUT2D eigenvalue weighted by Gasteiger charge is -2.20. The van der Waals surface area contributed by atoms with E-state index in [1.807, 2.05) is 45.0 Å². The minimum Gasteiger partial charge on any atom is -0.273 e. The molecule has 3 rings (SSSR count). The fourth-order valence-corrected chi connectivity index (χ4v) is 2.81. The highest BCUT2D eigenvalue weighted by Gasteiger charge is 2.33. The Hall–Kier alpha value is -2.70. The van der Waals surface area contributed by atoms with E-state index in [4.69, 9.17) is 0 Å². The fourth-order valence-electron chi connectivity index (χ4n) is 2.81. The van der Waals surface area contributed by atoms with Crippen LogP contribution in [0.5, 0.6) is 0 Å². The predicted octanol–water partition coefficient (Wildman–Crippen LogP) is 6.15. The minimum absolute atomic E-state index is 0.0147. The number of aromatic amines is 1. The molecule has 0 atom stereocenters. The zero-order chi connectivity index (χ0) is 21.6. The molecule has 0 aliphatic rings. The van der Waals surface area contributed by atoms with Crippen LogP contribution in [0.2, 0.25) is 0 Å². The van der Waals surface area contributed by atoms with Gasteiger partial charge in [0.1, 0.15) is 11.4 Å². The molecule has 7 heteroatoms. The summed E-state index contributed by atoms with van der Waals surface area (Å²) in [4.78, 5) is 9.19. The number of alkyl halides is 3. The molecule has 29 heavy (non-hydrogen) atoms. The van der Waals surface area contributed by atoms with Crippen LogP contribution < -0.4 is 0 Å². The van der Waals surface area contributed by atoms with E-state index in [0.717, 1.165) is 17.3 Å². The van der Waals surface area contributed by atoms with Gasteiger partial charge in [-0.05, 0) is 23.1 Å². The summed E-state index contributed by atoms with van der Waals surface area (Å²) in [6, 6.07) is 10.6.